The molecule has 2 heterocycles. The molecule has 0 radical (unpaired) electrons. The van der Waals surface area contributed by atoms with Crippen LogP contribution in [-0.2, 0) is 10.0 Å². The van der Waals surface area contributed by atoms with E-state index in [0.717, 1.165) is 58.0 Å². The van der Waals surface area contributed by atoms with E-state index < -0.39 is 10.0 Å². The van der Waals surface area contributed by atoms with Crippen LogP contribution in [0, 0.1) is 6.92 Å². The minimum absolute atomic E-state index is 0.461. The molecule has 2 N–H and O–H groups in total. The van der Waals surface area contributed by atoms with Crippen molar-refractivity contribution >= 4 is 41.7 Å². The van der Waals surface area contributed by atoms with Crippen LogP contribution in [-0.4, -0.2) is 29.6 Å². The van der Waals surface area contributed by atoms with Crippen LogP contribution in [0.5, 0.6) is 0 Å². The van der Waals surface area contributed by atoms with Crippen molar-refractivity contribution in [2.24, 2.45) is 0 Å². The van der Waals surface area contributed by atoms with Gasteiger partial charge in [-0.15, -0.1) is 9.24 Å². The van der Waals surface area contributed by atoms with Crippen LogP contribution in [0.3, 0.4) is 0 Å². The molecule has 1 atom stereocenters. The average molecular weight is 454 g/mol. The summed E-state index contributed by atoms with van der Waals surface area (Å²) in [5.74, 6) is 0.724. The van der Waals surface area contributed by atoms with Gasteiger partial charge in [-0.05, 0) is 55.8 Å². The van der Waals surface area contributed by atoms with Gasteiger partial charge in [0.2, 0.25) is 10.0 Å². The first-order chi connectivity index (χ1) is 14.7. The van der Waals surface area contributed by atoms with Crippen LogP contribution >= 0.6 is 9.24 Å². The van der Waals surface area contributed by atoms with Gasteiger partial charge in [0.05, 0.1) is 23.2 Å². The van der Waals surface area contributed by atoms with Crippen molar-refractivity contribution in [3.8, 4) is 11.1 Å². The second kappa shape index (κ2) is 8.36. The number of aromatic nitrogens is 3. The Morgan fingerprint density at radius 1 is 1.06 bits per heavy atom. The number of aryl methyl sites for hydroxylation is 1. The second-order valence-electron chi connectivity index (χ2n) is 7.66. The van der Waals surface area contributed by atoms with Gasteiger partial charge < -0.3 is 5.32 Å². The third-order valence-corrected chi connectivity index (χ3v) is 6.62. The highest BCUT2D eigenvalue weighted by Crippen LogP contribution is 2.33. The summed E-state index contributed by atoms with van der Waals surface area (Å²) in [4.78, 5) is 13.2. The number of allylic oxidation sites excluding steroid dienone is 3. The monoisotopic (exact) mass is 453 g/mol. The number of pyridine rings is 1. The van der Waals surface area contributed by atoms with E-state index in [1.54, 1.807) is 25.5 Å². The number of rotatable bonds is 5. The Morgan fingerprint density at radius 2 is 1.87 bits per heavy atom. The molecule has 1 aliphatic carbocycles. The summed E-state index contributed by atoms with van der Waals surface area (Å²) in [7, 11) is -0.588. The quantitative estimate of drug-likeness (QED) is 0.548. The molecule has 1 unspecified atom stereocenters. The minimum Gasteiger partial charge on any atom is -0.339 e. The predicted octanol–water partition coefficient (Wildman–Crippen LogP) is 4.61. The van der Waals surface area contributed by atoms with Crippen LogP contribution in [0.25, 0.3) is 22.0 Å². The lowest BCUT2D eigenvalue weighted by molar-refractivity contribution is 0.606. The number of benzene rings is 1. The first-order valence-electron chi connectivity index (χ1n) is 9.83. The third-order valence-electron chi connectivity index (χ3n) is 5.22. The van der Waals surface area contributed by atoms with Crippen molar-refractivity contribution in [3.05, 3.63) is 65.1 Å². The molecule has 0 spiro atoms. The normalized spacial score (nSPS) is 14.5. The summed E-state index contributed by atoms with van der Waals surface area (Å²) < 4.78 is 25.9. The van der Waals surface area contributed by atoms with Crippen molar-refractivity contribution in [3.63, 3.8) is 0 Å². The Hall–Kier alpha value is -2.83. The van der Waals surface area contributed by atoms with Gasteiger partial charge in [0, 0.05) is 22.8 Å². The lowest BCUT2D eigenvalue weighted by Crippen LogP contribution is -2.11. The maximum Gasteiger partial charge on any atom is 0.229 e. The van der Waals surface area contributed by atoms with Crippen molar-refractivity contribution in [1.29, 1.82) is 0 Å². The maximum absolute atomic E-state index is 11.7. The van der Waals surface area contributed by atoms with Crippen molar-refractivity contribution in [2.45, 2.75) is 26.7 Å². The van der Waals surface area contributed by atoms with E-state index in [2.05, 4.69) is 47.2 Å². The smallest absolute Gasteiger partial charge is 0.229 e. The standard InChI is InChI=1S/C22H24N5O2PS/c1-13-5-4-6-19(21(13)30)26-22-17-9-15(7-8-18(17)24-12-25-22)16-10-20(14(2)23-11-16)27-31(3,28)29/h6-12,27H,4-5,30H2,1-3H3,(H,24,25,26). The molecule has 1 aromatic carbocycles. The predicted molar refractivity (Wildman–Crippen MR) is 129 cm³/mol. The summed E-state index contributed by atoms with van der Waals surface area (Å²) in [6, 6.07) is 7.66. The summed E-state index contributed by atoms with van der Waals surface area (Å²) in [5, 5.41) is 5.49. The summed E-state index contributed by atoms with van der Waals surface area (Å²) in [6.45, 7) is 3.90. The van der Waals surface area contributed by atoms with Crippen LogP contribution in [0.4, 0.5) is 11.5 Å². The highest BCUT2D eigenvalue weighted by atomic mass is 32.2. The zero-order chi connectivity index (χ0) is 22.2. The Kier molecular flexibility index (Phi) is 5.77. The fraction of sp³-hybridized carbons (Fsp3) is 0.227. The Morgan fingerprint density at radius 3 is 2.65 bits per heavy atom. The van der Waals surface area contributed by atoms with Gasteiger partial charge in [0.25, 0.3) is 0 Å². The van der Waals surface area contributed by atoms with Crippen LogP contribution in [0.1, 0.15) is 25.5 Å². The Labute approximate surface area is 184 Å². The zero-order valence-corrected chi connectivity index (χ0v) is 19.6. The second-order valence-corrected chi connectivity index (χ2v) is 9.99. The fourth-order valence-corrected chi connectivity index (χ4v) is 4.42. The van der Waals surface area contributed by atoms with Gasteiger partial charge >= 0.3 is 0 Å². The first kappa shape index (κ1) is 21.4. The lowest BCUT2D eigenvalue weighted by atomic mass is 10.0. The summed E-state index contributed by atoms with van der Waals surface area (Å²) in [5.41, 5.74) is 5.96. The van der Waals surface area contributed by atoms with Gasteiger partial charge in [-0.3, -0.25) is 9.71 Å². The van der Waals surface area contributed by atoms with E-state index in [1.807, 2.05) is 18.2 Å². The highest BCUT2D eigenvalue weighted by molar-refractivity contribution is 7.92. The molecule has 160 valence electrons. The molecule has 31 heavy (non-hydrogen) atoms. The van der Waals surface area contributed by atoms with Crippen LogP contribution in [0.15, 0.2) is 59.4 Å². The Bertz CT molecular complexity index is 1350. The van der Waals surface area contributed by atoms with Gasteiger partial charge in [-0.1, -0.05) is 17.7 Å². The molecule has 0 bridgehead atoms. The molecule has 0 fully saturated rings. The van der Waals surface area contributed by atoms with E-state index in [0.29, 0.717) is 11.4 Å². The van der Waals surface area contributed by atoms with Crippen LogP contribution in [0.2, 0.25) is 0 Å². The molecule has 7 nitrogen and oxygen atoms in total. The molecule has 2 aromatic heterocycles. The average Bonchev–Trinajstić information content (AvgIpc) is 2.72. The number of hydrogen-bond donors (Lipinski definition) is 2. The third kappa shape index (κ3) is 4.75. The summed E-state index contributed by atoms with van der Waals surface area (Å²) in [6.07, 6.45) is 8.64. The van der Waals surface area contributed by atoms with Gasteiger partial charge in [0.1, 0.15) is 12.1 Å². The van der Waals surface area contributed by atoms with E-state index in [4.69, 9.17) is 0 Å². The van der Waals surface area contributed by atoms with E-state index in [9.17, 15) is 8.42 Å². The van der Waals surface area contributed by atoms with Gasteiger partial charge in [-0.25, -0.2) is 18.4 Å². The number of nitrogens with one attached hydrogen (secondary N) is 2. The SMILES string of the molecule is CC1=C(P)C(Nc2ncnc3ccc(-c4cnc(C)c(NS(C)(=O)=O)c4)cc23)=CCC1. The topological polar surface area (TPSA) is 96.9 Å². The molecule has 3 aromatic rings. The largest absolute Gasteiger partial charge is 0.339 e. The lowest BCUT2D eigenvalue weighted by Gasteiger charge is -2.19. The zero-order valence-electron chi connectivity index (χ0n) is 17.6. The van der Waals surface area contributed by atoms with E-state index in [1.165, 1.54) is 5.57 Å². The fourth-order valence-electron chi connectivity index (χ4n) is 3.48. The Balaban J connectivity index is 1.76. The molecular weight excluding hydrogens is 429 g/mol. The molecule has 9 heteroatoms. The van der Waals surface area contributed by atoms with Gasteiger partial charge in [-0.2, -0.15) is 0 Å². The molecule has 0 saturated heterocycles. The van der Waals surface area contributed by atoms with Crippen LogP contribution < -0.4 is 10.0 Å². The van der Waals surface area contributed by atoms with Crippen molar-refractivity contribution < 1.29 is 8.42 Å². The molecule has 0 saturated carbocycles. The number of anilines is 2. The molecule has 1 aliphatic rings. The van der Waals surface area contributed by atoms with Crippen molar-refractivity contribution in [1.82, 2.24) is 15.0 Å². The van der Waals surface area contributed by atoms with E-state index >= 15 is 0 Å². The number of hydrogen-bond acceptors (Lipinski definition) is 6. The number of nitrogens with zero attached hydrogens (tertiary/aromatic N) is 3. The first-order valence-corrected chi connectivity index (χ1v) is 12.3. The minimum atomic E-state index is -3.40. The molecular formula is C22H24N5O2PS. The maximum atomic E-state index is 11.7. The number of fused-ring (bicyclic) bond motifs is 1. The molecule has 4 rings (SSSR count). The van der Waals surface area contributed by atoms with Crippen molar-refractivity contribution in [2.75, 3.05) is 16.3 Å². The molecule has 0 amide bonds. The number of sulfonamides is 1. The highest BCUT2D eigenvalue weighted by Gasteiger charge is 2.14. The van der Waals surface area contributed by atoms with Gasteiger partial charge in [0.15, 0.2) is 0 Å². The van der Waals surface area contributed by atoms with E-state index in [-0.39, 0.29) is 0 Å². The summed E-state index contributed by atoms with van der Waals surface area (Å²) >= 11 is 0. The molecule has 0 aliphatic heterocycles.